The highest BCUT2D eigenvalue weighted by molar-refractivity contribution is 5.88. The van der Waals surface area contributed by atoms with Gasteiger partial charge in [0.2, 0.25) is 0 Å². The Hall–Kier alpha value is -2.15. The third kappa shape index (κ3) is 2.73. The zero-order chi connectivity index (χ0) is 16.7. The maximum absolute atomic E-state index is 14.6. The van der Waals surface area contributed by atoms with E-state index in [-0.39, 0.29) is 5.82 Å². The van der Waals surface area contributed by atoms with Crippen LogP contribution in [0.2, 0.25) is 0 Å². The van der Waals surface area contributed by atoms with E-state index in [2.05, 4.69) is 49.4 Å². The summed E-state index contributed by atoms with van der Waals surface area (Å²) in [4.78, 5) is 0. The van der Waals surface area contributed by atoms with Crippen LogP contribution in [0.3, 0.4) is 0 Å². The summed E-state index contributed by atoms with van der Waals surface area (Å²) in [7, 11) is 0. The molecule has 1 aliphatic rings. The van der Waals surface area contributed by atoms with Crippen molar-refractivity contribution in [1.29, 1.82) is 0 Å². The Morgan fingerprint density at radius 2 is 1.42 bits per heavy atom. The highest BCUT2D eigenvalue weighted by Gasteiger charge is 2.29. The minimum atomic E-state index is 0.0313. The summed E-state index contributed by atoms with van der Waals surface area (Å²) in [5.74, 6) is 0.485. The molecule has 1 saturated carbocycles. The minimum absolute atomic E-state index is 0.0313. The second kappa shape index (κ2) is 6.05. The van der Waals surface area contributed by atoms with Gasteiger partial charge in [0.15, 0.2) is 0 Å². The molecule has 0 nitrogen and oxygen atoms in total. The monoisotopic (exact) mass is 318 g/mol. The summed E-state index contributed by atoms with van der Waals surface area (Å²) < 4.78 is 14.6. The van der Waals surface area contributed by atoms with Crippen molar-refractivity contribution < 1.29 is 4.39 Å². The van der Waals surface area contributed by atoms with Crippen molar-refractivity contribution in [2.45, 2.75) is 45.4 Å². The zero-order valence-electron chi connectivity index (χ0n) is 14.4. The van der Waals surface area contributed by atoms with E-state index in [0.717, 1.165) is 36.8 Å². The number of rotatable bonds is 4. The molecule has 0 heterocycles. The first-order valence-electron chi connectivity index (χ1n) is 8.90. The van der Waals surface area contributed by atoms with Gasteiger partial charge < -0.3 is 0 Å². The van der Waals surface area contributed by atoms with Crippen molar-refractivity contribution in [3.05, 3.63) is 82.2 Å². The molecule has 0 radical (unpaired) electrons. The van der Waals surface area contributed by atoms with E-state index in [1.54, 1.807) is 0 Å². The Morgan fingerprint density at radius 3 is 2.17 bits per heavy atom. The van der Waals surface area contributed by atoms with Crippen molar-refractivity contribution >= 4 is 10.8 Å². The van der Waals surface area contributed by atoms with Gasteiger partial charge in [-0.1, -0.05) is 48.5 Å². The molecule has 0 aromatic heterocycles. The lowest BCUT2D eigenvalue weighted by atomic mass is 9.92. The van der Waals surface area contributed by atoms with Crippen molar-refractivity contribution in [2.75, 3.05) is 0 Å². The van der Waals surface area contributed by atoms with E-state index >= 15 is 0 Å². The van der Waals surface area contributed by atoms with Crippen LogP contribution in [0.4, 0.5) is 4.39 Å². The molecule has 0 saturated heterocycles. The molecule has 0 spiro atoms. The van der Waals surface area contributed by atoms with Gasteiger partial charge in [0.25, 0.3) is 0 Å². The zero-order valence-corrected chi connectivity index (χ0v) is 14.4. The summed E-state index contributed by atoms with van der Waals surface area (Å²) in [6.07, 6.45) is 4.15. The van der Waals surface area contributed by atoms with Gasteiger partial charge in [-0.15, -0.1) is 0 Å². The topological polar surface area (TPSA) is 0 Å². The maximum atomic E-state index is 14.6. The average molecular weight is 318 g/mol. The molecule has 24 heavy (non-hydrogen) atoms. The number of benzene rings is 3. The molecule has 1 heteroatoms. The Kier molecular flexibility index (Phi) is 3.88. The third-order valence-electron chi connectivity index (χ3n) is 5.34. The van der Waals surface area contributed by atoms with Crippen molar-refractivity contribution in [1.82, 2.24) is 0 Å². The first-order chi connectivity index (χ1) is 11.6. The summed E-state index contributed by atoms with van der Waals surface area (Å²) in [6, 6.07) is 17.1. The molecule has 4 rings (SSSR count). The number of halogens is 1. The van der Waals surface area contributed by atoms with Gasteiger partial charge >= 0.3 is 0 Å². The van der Waals surface area contributed by atoms with E-state index < -0.39 is 0 Å². The SMILES string of the molecule is Cc1ccc(CCc2ccc(C)c3ccccc23)c(C2CC2)c1F. The normalized spacial score (nSPS) is 14.3. The van der Waals surface area contributed by atoms with Crippen LogP contribution in [0.15, 0.2) is 48.5 Å². The van der Waals surface area contributed by atoms with Crippen molar-refractivity contribution in [2.24, 2.45) is 0 Å². The Labute approximate surface area is 143 Å². The molecule has 0 atom stereocenters. The van der Waals surface area contributed by atoms with Gasteiger partial charge in [-0.25, -0.2) is 4.39 Å². The smallest absolute Gasteiger partial charge is 0.129 e. The fourth-order valence-electron chi connectivity index (χ4n) is 3.77. The lowest BCUT2D eigenvalue weighted by Gasteiger charge is -2.13. The second-order valence-corrected chi connectivity index (χ2v) is 7.13. The van der Waals surface area contributed by atoms with E-state index in [9.17, 15) is 4.39 Å². The predicted molar refractivity (Wildman–Crippen MR) is 99.2 cm³/mol. The average Bonchev–Trinajstić information content (AvgIpc) is 3.42. The van der Waals surface area contributed by atoms with Gasteiger partial charge in [-0.2, -0.15) is 0 Å². The number of hydrogen-bond donors (Lipinski definition) is 0. The van der Waals surface area contributed by atoms with E-state index in [0.29, 0.717) is 5.92 Å². The Bertz CT molecular complexity index is 903. The molecule has 3 aromatic rings. The lowest BCUT2D eigenvalue weighted by molar-refractivity contribution is 0.597. The van der Waals surface area contributed by atoms with E-state index in [1.807, 2.05) is 13.0 Å². The van der Waals surface area contributed by atoms with Gasteiger partial charge in [0.1, 0.15) is 5.82 Å². The molecular formula is C23H23F. The molecular weight excluding hydrogens is 295 g/mol. The Balaban J connectivity index is 1.67. The van der Waals surface area contributed by atoms with Crippen LogP contribution >= 0.6 is 0 Å². The molecule has 0 N–H and O–H groups in total. The summed E-state index contributed by atoms with van der Waals surface area (Å²) in [5.41, 5.74) is 5.64. The van der Waals surface area contributed by atoms with Gasteiger partial charge in [-0.05, 0) is 84.0 Å². The summed E-state index contributed by atoms with van der Waals surface area (Å²) in [6.45, 7) is 4.03. The van der Waals surface area contributed by atoms with Crippen LogP contribution in [0, 0.1) is 19.7 Å². The summed E-state index contributed by atoms with van der Waals surface area (Å²) in [5, 5.41) is 2.66. The molecule has 1 aliphatic carbocycles. The van der Waals surface area contributed by atoms with Crippen LogP contribution in [0.1, 0.15) is 46.6 Å². The van der Waals surface area contributed by atoms with E-state index in [4.69, 9.17) is 0 Å². The third-order valence-corrected chi connectivity index (χ3v) is 5.34. The van der Waals surface area contributed by atoms with Crippen molar-refractivity contribution in [3.8, 4) is 0 Å². The van der Waals surface area contributed by atoms with Gasteiger partial charge in [0.05, 0.1) is 0 Å². The van der Waals surface area contributed by atoms with Gasteiger partial charge in [0, 0.05) is 0 Å². The van der Waals surface area contributed by atoms with Crippen LogP contribution in [-0.2, 0) is 12.8 Å². The molecule has 122 valence electrons. The highest BCUT2D eigenvalue weighted by atomic mass is 19.1. The number of aryl methyl sites for hydroxylation is 4. The lowest BCUT2D eigenvalue weighted by Crippen LogP contribution is -2.01. The minimum Gasteiger partial charge on any atom is -0.206 e. The van der Waals surface area contributed by atoms with E-state index in [1.165, 1.54) is 27.5 Å². The van der Waals surface area contributed by atoms with Crippen LogP contribution in [-0.4, -0.2) is 0 Å². The van der Waals surface area contributed by atoms with Crippen LogP contribution in [0.25, 0.3) is 10.8 Å². The molecule has 3 aromatic carbocycles. The fraction of sp³-hybridized carbons (Fsp3) is 0.304. The largest absolute Gasteiger partial charge is 0.206 e. The first kappa shape index (κ1) is 15.4. The highest BCUT2D eigenvalue weighted by Crippen LogP contribution is 2.44. The molecule has 1 fully saturated rings. The standard InChI is InChI=1S/C23H23F/c1-15-7-9-17(21-6-4-3-5-20(15)21)11-12-18-10-8-16(2)23(24)22(18)19-13-14-19/h3-10,19H,11-14H2,1-2H3. The van der Waals surface area contributed by atoms with Crippen LogP contribution in [0.5, 0.6) is 0 Å². The molecule has 0 bridgehead atoms. The Morgan fingerprint density at radius 1 is 0.792 bits per heavy atom. The van der Waals surface area contributed by atoms with Crippen molar-refractivity contribution in [3.63, 3.8) is 0 Å². The molecule has 0 aliphatic heterocycles. The van der Waals surface area contributed by atoms with Crippen LogP contribution < -0.4 is 0 Å². The summed E-state index contributed by atoms with van der Waals surface area (Å²) >= 11 is 0. The first-order valence-corrected chi connectivity index (χ1v) is 8.90. The quantitative estimate of drug-likeness (QED) is 0.532. The molecule has 0 unspecified atom stereocenters. The number of fused-ring (bicyclic) bond motifs is 1. The number of hydrogen-bond acceptors (Lipinski definition) is 0. The second-order valence-electron chi connectivity index (χ2n) is 7.13. The predicted octanol–water partition coefficient (Wildman–Crippen LogP) is 6.26. The molecule has 0 amide bonds. The maximum Gasteiger partial charge on any atom is 0.129 e. The fourth-order valence-corrected chi connectivity index (χ4v) is 3.77. The van der Waals surface area contributed by atoms with Gasteiger partial charge in [-0.3, -0.25) is 0 Å².